The van der Waals surface area contributed by atoms with Crippen LogP contribution in [0.4, 0.5) is 17.3 Å². The van der Waals surface area contributed by atoms with Crippen LogP contribution < -0.4 is 10.2 Å². The van der Waals surface area contributed by atoms with Crippen LogP contribution in [0, 0.1) is 10.1 Å². The number of pyridine rings is 1. The van der Waals surface area contributed by atoms with E-state index < -0.39 is 10.5 Å². The van der Waals surface area contributed by atoms with Crippen LogP contribution in [0.15, 0.2) is 12.1 Å². The second kappa shape index (κ2) is 5.62. The second-order valence-corrected chi connectivity index (χ2v) is 5.39. The van der Waals surface area contributed by atoms with Gasteiger partial charge in [-0.1, -0.05) is 6.92 Å². The Morgan fingerprint density at radius 2 is 2.35 bits per heavy atom. The van der Waals surface area contributed by atoms with Crippen molar-refractivity contribution >= 4 is 17.3 Å². The van der Waals surface area contributed by atoms with Gasteiger partial charge in [0.1, 0.15) is 5.82 Å². The monoisotopic (exact) mass is 280 g/mol. The topological polar surface area (TPSA) is 91.5 Å². The Morgan fingerprint density at radius 1 is 1.60 bits per heavy atom. The summed E-state index contributed by atoms with van der Waals surface area (Å²) in [4.78, 5) is 16.8. The van der Waals surface area contributed by atoms with E-state index in [4.69, 9.17) is 0 Å². The van der Waals surface area contributed by atoms with Gasteiger partial charge in [-0.15, -0.1) is 0 Å². The number of anilines is 2. The van der Waals surface area contributed by atoms with Crippen molar-refractivity contribution in [1.82, 2.24) is 4.98 Å². The van der Waals surface area contributed by atoms with Gasteiger partial charge in [-0.3, -0.25) is 10.1 Å². The van der Waals surface area contributed by atoms with Crippen LogP contribution in [0.1, 0.15) is 26.7 Å². The maximum atomic E-state index is 11.1. The molecule has 1 aliphatic rings. The molecule has 2 heterocycles. The zero-order chi connectivity index (χ0) is 14.8. The third-order valence-corrected chi connectivity index (χ3v) is 3.36. The van der Waals surface area contributed by atoms with E-state index in [2.05, 4.69) is 10.3 Å². The molecule has 2 rings (SSSR count). The lowest BCUT2D eigenvalue weighted by Crippen LogP contribution is -2.30. The summed E-state index contributed by atoms with van der Waals surface area (Å²) in [5.41, 5.74) is -0.840. The molecular weight excluding hydrogens is 260 g/mol. The smallest absolute Gasteiger partial charge is 0.311 e. The first-order valence-corrected chi connectivity index (χ1v) is 6.79. The van der Waals surface area contributed by atoms with Crippen LogP contribution in [-0.4, -0.2) is 40.2 Å². The molecule has 1 saturated heterocycles. The molecule has 1 aliphatic heterocycles. The summed E-state index contributed by atoms with van der Waals surface area (Å²) in [5.74, 6) is 0.952. The first-order valence-electron chi connectivity index (χ1n) is 6.79. The van der Waals surface area contributed by atoms with E-state index >= 15 is 0 Å². The Bertz CT molecular complexity index is 504. The van der Waals surface area contributed by atoms with Crippen molar-refractivity contribution in [2.75, 3.05) is 29.9 Å². The number of nitro groups is 1. The van der Waals surface area contributed by atoms with E-state index in [1.54, 1.807) is 17.9 Å². The standard InChI is InChI=1S/C13H20N4O3/c1-3-7-14-11-5-4-10(17(19)20)12(15-11)16-8-6-13(2,18)9-16/h4-5,18H,3,6-9H2,1-2H3,(H,14,15). The quantitative estimate of drug-likeness (QED) is 0.631. The molecule has 0 amide bonds. The van der Waals surface area contributed by atoms with Gasteiger partial charge < -0.3 is 15.3 Å². The lowest BCUT2D eigenvalue weighted by atomic mass is 10.1. The summed E-state index contributed by atoms with van der Waals surface area (Å²) >= 11 is 0. The molecule has 1 aromatic rings. The zero-order valence-electron chi connectivity index (χ0n) is 11.8. The van der Waals surface area contributed by atoms with E-state index in [0.29, 0.717) is 31.1 Å². The first kappa shape index (κ1) is 14.5. The van der Waals surface area contributed by atoms with Crippen molar-refractivity contribution in [1.29, 1.82) is 0 Å². The number of hydrogen-bond acceptors (Lipinski definition) is 6. The largest absolute Gasteiger partial charge is 0.388 e. The molecule has 7 heteroatoms. The van der Waals surface area contributed by atoms with Gasteiger partial charge in [0.05, 0.1) is 10.5 Å². The highest BCUT2D eigenvalue weighted by Crippen LogP contribution is 2.32. The highest BCUT2D eigenvalue weighted by atomic mass is 16.6. The Morgan fingerprint density at radius 3 is 2.90 bits per heavy atom. The number of nitrogens with zero attached hydrogens (tertiary/aromatic N) is 3. The van der Waals surface area contributed by atoms with Crippen LogP contribution >= 0.6 is 0 Å². The summed E-state index contributed by atoms with van der Waals surface area (Å²) in [7, 11) is 0. The number of β-amino-alcohol motifs (C(OH)–C–C–N with tert-alkyl or cyclic N) is 1. The first-order chi connectivity index (χ1) is 9.43. The highest BCUT2D eigenvalue weighted by Gasteiger charge is 2.35. The van der Waals surface area contributed by atoms with Crippen LogP contribution in [-0.2, 0) is 0 Å². The molecule has 0 radical (unpaired) electrons. The fourth-order valence-corrected chi connectivity index (χ4v) is 2.29. The zero-order valence-corrected chi connectivity index (χ0v) is 11.8. The summed E-state index contributed by atoms with van der Waals surface area (Å²) < 4.78 is 0. The maximum absolute atomic E-state index is 11.1. The Hall–Kier alpha value is -1.89. The normalized spacial score (nSPS) is 22.1. The van der Waals surface area contributed by atoms with E-state index in [-0.39, 0.29) is 5.69 Å². The number of aromatic nitrogens is 1. The number of hydrogen-bond donors (Lipinski definition) is 2. The van der Waals surface area contributed by atoms with Gasteiger partial charge in [0.2, 0.25) is 5.82 Å². The van der Waals surface area contributed by atoms with Crippen molar-refractivity contribution in [2.45, 2.75) is 32.3 Å². The molecule has 0 spiro atoms. The number of rotatable bonds is 5. The molecule has 1 atom stereocenters. The summed E-state index contributed by atoms with van der Waals surface area (Å²) in [6.45, 7) is 5.47. The fourth-order valence-electron chi connectivity index (χ4n) is 2.29. The lowest BCUT2D eigenvalue weighted by Gasteiger charge is -2.20. The van der Waals surface area contributed by atoms with Crippen molar-refractivity contribution in [2.24, 2.45) is 0 Å². The molecule has 0 saturated carbocycles. The summed E-state index contributed by atoms with van der Waals surface area (Å²) in [5, 5.41) is 24.3. The molecule has 1 fully saturated rings. The van der Waals surface area contributed by atoms with Gasteiger partial charge in [-0.05, 0) is 25.8 Å². The number of aliphatic hydroxyl groups is 1. The Labute approximate surface area is 117 Å². The maximum Gasteiger partial charge on any atom is 0.311 e. The predicted octanol–water partition coefficient (Wildman–Crippen LogP) is 1.77. The van der Waals surface area contributed by atoms with Crippen molar-refractivity contribution in [3.63, 3.8) is 0 Å². The average molecular weight is 280 g/mol. The SMILES string of the molecule is CCCNc1ccc([N+](=O)[O-])c(N2CCC(C)(O)C2)n1. The highest BCUT2D eigenvalue weighted by molar-refractivity contribution is 5.62. The summed E-state index contributed by atoms with van der Waals surface area (Å²) in [6.07, 6.45) is 1.53. The van der Waals surface area contributed by atoms with E-state index in [1.165, 1.54) is 6.07 Å². The molecule has 1 unspecified atom stereocenters. The van der Waals surface area contributed by atoms with Crippen LogP contribution in [0.2, 0.25) is 0 Å². The minimum atomic E-state index is -0.817. The third-order valence-electron chi connectivity index (χ3n) is 3.36. The average Bonchev–Trinajstić information content (AvgIpc) is 2.76. The van der Waals surface area contributed by atoms with Gasteiger partial charge >= 0.3 is 5.69 Å². The molecular formula is C13H20N4O3. The van der Waals surface area contributed by atoms with Gasteiger partial charge in [0.25, 0.3) is 0 Å². The Balaban J connectivity index is 2.30. The van der Waals surface area contributed by atoms with Gasteiger partial charge in [-0.2, -0.15) is 0 Å². The van der Waals surface area contributed by atoms with Crippen molar-refractivity contribution < 1.29 is 10.0 Å². The van der Waals surface area contributed by atoms with Crippen molar-refractivity contribution in [3.05, 3.63) is 22.2 Å². The van der Waals surface area contributed by atoms with E-state index in [0.717, 1.165) is 13.0 Å². The van der Waals surface area contributed by atoms with Crippen molar-refractivity contribution in [3.8, 4) is 0 Å². The number of nitrogens with one attached hydrogen (secondary N) is 1. The molecule has 110 valence electrons. The molecule has 20 heavy (non-hydrogen) atoms. The van der Waals surface area contributed by atoms with Crippen LogP contribution in [0.25, 0.3) is 0 Å². The van der Waals surface area contributed by atoms with Crippen LogP contribution in [0.3, 0.4) is 0 Å². The fraction of sp³-hybridized carbons (Fsp3) is 0.615. The predicted molar refractivity (Wildman–Crippen MR) is 77.1 cm³/mol. The molecule has 0 bridgehead atoms. The molecule has 0 aliphatic carbocycles. The van der Waals surface area contributed by atoms with Gasteiger partial charge in [0, 0.05) is 25.7 Å². The van der Waals surface area contributed by atoms with E-state index in [1.807, 2.05) is 6.92 Å². The van der Waals surface area contributed by atoms with Gasteiger partial charge in [0.15, 0.2) is 0 Å². The lowest BCUT2D eigenvalue weighted by molar-refractivity contribution is -0.384. The minimum absolute atomic E-state index is 0.0234. The van der Waals surface area contributed by atoms with E-state index in [9.17, 15) is 15.2 Å². The molecule has 1 aromatic heterocycles. The minimum Gasteiger partial charge on any atom is -0.388 e. The third kappa shape index (κ3) is 3.16. The molecule has 2 N–H and O–H groups in total. The van der Waals surface area contributed by atoms with Crippen LogP contribution in [0.5, 0.6) is 0 Å². The second-order valence-electron chi connectivity index (χ2n) is 5.39. The molecule has 7 nitrogen and oxygen atoms in total. The summed E-state index contributed by atoms with van der Waals surface area (Å²) in [6, 6.07) is 3.08. The Kier molecular flexibility index (Phi) is 4.08. The molecule has 0 aromatic carbocycles. The van der Waals surface area contributed by atoms with Gasteiger partial charge in [-0.25, -0.2) is 4.98 Å².